The Morgan fingerprint density at radius 3 is 2.82 bits per heavy atom. The number of hydrazine groups is 1. The summed E-state index contributed by atoms with van der Waals surface area (Å²) in [4.78, 5) is 12.0. The Hall–Kier alpha value is -1.39. The first-order valence-corrected chi connectivity index (χ1v) is 5.98. The molecule has 0 spiro atoms. The molecule has 1 saturated heterocycles. The van der Waals surface area contributed by atoms with Crippen LogP contribution in [0, 0.1) is 6.92 Å². The number of benzene rings is 1. The van der Waals surface area contributed by atoms with Crippen molar-refractivity contribution in [3.05, 3.63) is 29.8 Å². The van der Waals surface area contributed by atoms with Gasteiger partial charge in [0.25, 0.3) is 0 Å². The van der Waals surface area contributed by atoms with Crippen LogP contribution in [0.2, 0.25) is 0 Å². The van der Waals surface area contributed by atoms with Crippen LogP contribution in [0.3, 0.4) is 0 Å². The smallest absolute Gasteiger partial charge is 0.241 e. The van der Waals surface area contributed by atoms with E-state index in [4.69, 9.17) is 5.11 Å². The zero-order valence-corrected chi connectivity index (χ0v) is 10.1. The zero-order valence-electron chi connectivity index (χ0n) is 10.1. The number of anilines is 1. The Morgan fingerprint density at radius 1 is 1.35 bits per heavy atom. The summed E-state index contributed by atoms with van der Waals surface area (Å²) in [6.45, 7) is 3.38. The molecule has 0 radical (unpaired) electrons. The molecule has 4 nitrogen and oxygen atoms in total. The fraction of sp³-hybridized carbons (Fsp3) is 0.462. The number of aliphatic hydroxyl groups is 1. The number of carbonyl (C=O) groups is 1. The second-order valence-electron chi connectivity index (χ2n) is 4.27. The summed E-state index contributed by atoms with van der Waals surface area (Å²) in [6, 6.07) is 7.84. The van der Waals surface area contributed by atoms with Crippen LogP contribution in [0.25, 0.3) is 0 Å². The molecule has 1 aliphatic rings. The summed E-state index contributed by atoms with van der Waals surface area (Å²) in [6.07, 6.45) is 1.44. The topological polar surface area (TPSA) is 43.8 Å². The molecule has 4 heteroatoms. The van der Waals surface area contributed by atoms with Gasteiger partial charge in [0, 0.05) is 19.5 Å². The molecule has 0 aromatic heterocycles. The van der Waals surface area contributed by atoms with E-state index in [0.29, 0.717) is 13.0 Å². The van der Waals surface area contributed by atoms with Crippen LogP contribution in [0.1, 0.15) is 18.4 Å². The van der Waals surface area contributed by atoms with Gasteiger partial charge in [0.15, 0.2) is 0 Å². The van der Waals surface area contributed by atoms with Crippen LogP contribution in [-0.4, -0.2) is 35.7 Å². The van der Waals surface area contributed by atoms with Gasteiger partial charge in [-0.2, -0.15) is 0 Å². The summed E-state index contributed by atoms with van der Waals surface area (Å²) in [5.41, 5.74) is 2.00. The number of rotatable bonds is 3. The van der Waals surface area contributed by atoms with Gasteiger partial charge in [-0.05, 0) is 25.0 Å². The lowest BCUT2D eigenvalue weighted by molar-refractivity contribution is -0.124. The van der Waals surface area contributed by atoms with E-state index in [-0.39, 0.29) is 12.5 Å². The van der Waals surface area contributed by atoms with Crippen molar-refractivity contribution in [3.63, 3.8) is 0 Å². The molecule has 1 aliphatic heterocycles. The first-order valence-electron chi connectivity index (χ1n) is 5.98. The molecule has 1 heterocycles. The van der Waals surface area contributed by atoms with E-state index in [1.54, 1.807) is 5.01 Å². The lowest BCUT2D eigenvalue weighted by atomic mass is 10.1. The first-order chi connectivity index (χ1) is 8.24. The van der Waals surface area contributed by atoms with Gasteiger partial charge >= 0.3 is 0 Å². The highest BCUT2D eigenvalue weighted by Crippen LogP contribution is 2.25. The van der Waals surface area contributed by atoms with E-state index in [1.807, 2.05) is 36.2 Å². The summed E-state index contributed by atoms with van der Waals surface area (Å²) in [5.74, 6) is 0.110. The highest BCUT2D eigenvalue weighted by atomic mass is 16.3. The van der Waals surface area contributed by atoms with E-state index in [2.05, 4.69) is 0 Å². The van der Waals surface area contributed by atoms with Crippen LogP contribution < -0.4 is 5.01 Å². The SMILES string of the molecule is Cc1ccccc1N1C(=O)CCCN1CCO. The molecule has 0 saturated carbocycles. The predicted octanol–water partition coefficient (Wildman–Crippen LogP) is 1.33. The molecule has 2 rings (SSSR count). The minimum absolute atomic E-state index is 0.0651. The van der Waals surface area contributed by atoms with Crippen LogP contribution in [-0.2, 0) is 4.79 Å². The van der Waals surface area contributed by atoms with Gasteiger partial charge < -0.3 is 5.11 Å². The second-order valence-corrected chi connectivity index (χ2v) is 4.27. The maximum atomic E-state index is 12.0. The molecule has 92 valence electrons. The fourth-order valence-corrected chi connectivity index (χ4v) is 2.19. The second kappa shape index (κ2) is 5.29. The summed E-state index contributed by atoms with van der Waals surface area (Å²) in [5, 5.41) is 12.7. The number of aliphatic hydroxyl groups excluding tert-OH is 1. The Labute approximate surface area is 101 Å². The van der Waals surface area contributed by atoms with E-state index in [9.17, 15) is 4.79 Å². The lowest BCUT2D eigenvalue weighted by Gasteiger charge is -2.38. The fourth-order valence-electron chi connectivity index (χ4n) is 2.19. The lowest BCUT2D eigenvalue weighted by Crippen LogP contribution is -2.52. The van der Waals surface area contributed by atoms with E-state index in [1.165, 1.54) is 0 Å². The molecule has 0 aliphatic carbocycles. The molecule has 0 unspecified atom stereocenters. The average molecular weight is 234 g/mol. The Bertz CT molecular complexity index is 404. The normalized spacial score (nSPS) is 17.5. The van der Waals surface area contributed by atoms with Crippen molar-refractivity contribution in [2.45, 2.75) is 19.8 Å². The number of aryl methyl sites for hydroxylation is 1. The first kappa shape index (κ1) is 12.1. The molecule has 17 heavy (non-hydrogen) atoms. The third-order valence-corrected chi connectivity index (χ3v) is 3.03. The number of hydrogen-bond donors (Lipinski definition) is 1. The highest BCUT2D eigenvalue weighted by molar-refractivity contribution is 5.93. The highest BCUT2D eigenvalue weighted by Gasteiger charge is 2.27. The van der Waals surface area contributed by atoms with Crippen molar-refractivity contribution in [1.82, 2.24) is 5.01 Å². The van der Waals surface area contributed by atoms with Crippen LogP contribution in [0.4, 0.5) is 5.69 Å². The number of amides is 1. The molecule has 0 bridgehead atoms. The van der Waals surface area contributed by atoms with Crippen molar-refractivity contribution in [2.75, 3.05) is 24.7 Å². The maximum absolute atomic E-state index is 12.0. The van der Waals surface area contributed by atoms with Crippen LogP contribution >= 0.6 is 0 Å². The molecule has 1 N–H and O–H groups in total. The van der Waals surface area contributed by atoms with Crippen molar-refractivity contribution in [1.29, 1.82) is 0 Å². The Morgan fingerprint density at radius 2 is 2.12 bits per heavy atom. The predicted molar refractivity (Wildman–Crippen MR) is 66.6 cm³/mol. The molecule has 1 aromatic rings. The number of β-amino-alcohol motifs (C(OH)–C–C–N with tert-alkyl or cyclic N) is 1. The molecule has 0 atom stereocenters. The van der Waals surface area contributed by atoms with Crippen LogP contribution in [0.15, 0.2) is 24.3 Å². The third kappa shape index (κ3) is 2.48. The van der Waals surface area contributed by atoms with Gasteiger partial charge in [0.05, 0.1) is 12.3 Å². The largest absolute Gasteiger partial charge is 0.395 e. The minimum Gasteiger partial charge on any atom is -0.395 e. The molecule has 1 aromatic carbocycles. The van der Waals surface area contributed by atoms with E-state index in [0.717, 1.165) is 24.2 Å². The molecule has 1 amide bonds. The van der Waals surface area contributed by atoms with Gasteiger partial charge in [-0.1, -0.05) is 18.2 Å². The van der Waals surface area contributed by atoms with Crippen molar-refractivity contribution < 1.29 is 9.90 Å². The van der Waals surface area contributed by atoms with E-state index < -0.39 is 0 Å². The molecular weight excluding hydrogens is 216 g/mol. The van der Waals surface area contributed by atoms with E-state index >= 15 is 0 Å². The van der Waals surface area contributed by atoms with Crippen molar-refractivity contribution in [3.8, 4) is 0 Å². The Kier molecular flexibility index (Phi) is 3.76. The zero-order chi connectivity index (χ0) is 12.3. The maximum Gasteiger partial charge on any atom is 0.241 e. The van der Waals surface area contributed by atoms with Gasteiger partial charge in [0.2, 0.25) is 5.91 Å². The quantitative estimate of drug-likeness (QED) is 0.858. The van der Waals surface area contributed by atoms with Gasteiger partial charge in [-0.15, -0.1) is 0 Å². The Balaban J connectivity index is 2.31. The van der Waals surface area contributed by atoms with Gasteiger partial charge in [0.1, 0.15) is 0 Å². The minimum atomic E-state index is 0.0651. The number of hydrogen-bond acceptors (Lipinski definition) is 3. The average Bonchev–Trinajstić information content (AvgIpc) is 2.31. The van der Waals surface area contributed by atoms with Crippen LogP contribution in [0.5, 0.6) is 0 Å². The molecular formula is C13H18N2O2. The number of nitrogens with zero attached hydrogens (tertiary/aromatic N) is 2. The van der Waals surface area contributed by atoms with Gasteiger partial charge in [-0.3, -0.25) is 4.79 Å². The standard InChI is InChI=1S/C13H18N2O2/c1-11-5-2-3-6-12(11)15-13(17)7-4-8-14(15)9-10-16/h2-3,5-6,16H,4,7-10H2,1H3. The van der Waals surface area contributed by atoms with Crippen molar-refractivity contribution in [2.24, 2.45) is 0 Å². The third-order valence-electron chi connectivity index (χ3n) is 3.03. The summed E-state index contributed by atoms with van der Waals surface area (Å²) < 4.78 is 0. The molecule has 1 fully saturated rings. The summed E-state index contributed by atoms with van der Waals surface area (Å²) in [7, 11) is 0. The number of para-hydroxylation sites is 1. The summed E-state index contributed by atoms with van der Waals surface area (Å²) >= 11 is 0. The van der Waals surface area contributed by atoms with Gasteiger partial charge in [-0.25, -0.2) is 10.0 Å². The number of carbonyl (C=O) groups excluding carboxylic acids is 1. The monoisotopic (exact) mass is 234 g/mol. The van der Waals surface area contributed by atoms with Crippen molar-refractivity contribution >= 4 is 11.6 Å².